The summed E-state index contributed by atoms with van der Waals surface area (Å²) in [5.41, 5.74) is -5.82. The van der Waals surface area contributed by atoms with Crippen LogP contribution in [0, 0.1) is 22.7 Å². The highest BCUT2D eigenvalue weighted by molar-refractivity contribution is 5.92. The topological polar surface area (TPSA) is 152 Å². The molecule has 0 aromatic heterocycles. The summed E-state index contributed by atoms with van der Waals surface area (Å²) in [5, 5.41) is 35.2. The van der Waals surface area contributed by atoms with E-state index in [4.69, 9.17) is 14.3 Å². The molecule has 1 saturated heterocycles. The second-order valence-electron chi connectivity index (χ2n) is 11.8. The fraction of sp³-hybridized carbons (Fsp3) is 0.800. The highest BCUT2D eigenvalue weighted by Crippen LogP contribution is 2.67. The number of ether oxygens (including phenoxy) is 2. The zero-order valence-electron chi connectivity index (χ0n) is 21.6. The Bertz CT molecular complexity index is 919. The number of hydrogen-bond donors (Lipinski definition) is 4. The van der Waals surface area contributed by atoms with Gasteiger partial charge in [-0.1, -0.05) is 40.7 Å². The van der Waals surface area contributed by atoms with Gasteiger partial charge in [-0.3, -0.25) is 4.79 Å². The van der Waals surface area contributed by atoms with Crippen LogP contribution in [0.25, 0.3) is 0 Å². The maximum Gasteiger partial charge on any atom is 0.441 e. The molecule has 3 fully saturated rings. The minimum atomic E-state index is -2.33. The predicted molar refractivity (Wildman–Crippen MR) is 124 cm³/mol. The van der Waals surface area contributed by atoms with Crippen molar-refractivity contribution in [1.29, 1.82) is 0 Å². The van der Waals surface area contributed by atoms with Crippen LogP contribution in [0.15, 0.2) is 12.7 Å². The van der Waals surface area contributed by atoms with E-state index in [2.05, 4.69) is 6.58 Å². The van der Waals surface area contributed by atoms with Crippen LogP contribution >= 0.6 is 0 Å². The number of hydroxylamine groups is 1. The number of nitrogens with one attached hydrogen (secondary N) is 1. The number of hydrogen-bond acceptors (Lipinski definition) is 9. The molecule has 35 heavy (non-hydrogen) atoms. The van der Waals surface area contributed by atoms with Crippen LogP contribution in [0.3, 0.4) is 0 Å². The van der Waals surface area contributed by atoms with Gasteiger partial charge in [-0.25, -0.2) is 9.59 Å². The lowest BCUT2D eigenvalue weighted by molar-refractivity contribution is -0.369. The number of ketones is 1. The lowest BCUT2D eigenvalue weighted by Crippen LogP contribution is -2.86. The van der Waals surface area contributed by atoms with Gasteiger partial charge in [0.15, 0.2) is 17.5 Å². The van der Waals surface area contributed by atoms with Crippen molar-refractivity contribution in [2.24, 2.45) is 22.7 Å². The van der Waals surface area contributed by atoms with E-state index in [0.717, 1.165) is 0 Å². The zero-order chi connectivity index (χ0) is 26.8. The van der Waals surface area contributed by atoms with Crippen molar-refractivity contribution in [3.63, 3.8) is 0 Å². The Kier molecular flexibility index (Phi) is 6.73. The number of aliphatic hydroxyl groups is 3. The van der Waals surface area contributed by atoms with E-state index in [0.29, 0.717) is 12.8 Å². The largest absolute Gasteiger partial charge is 0.441 e. The average molecular weight is 498 g/mol. The average Bonchev–Trinajstić information content (AvgIpc) is 2.75. The Labute approximate surface area is 206 Å². The molecule has 198 valence electrons. The van der Waals surface area contributed by atoms with Crippen molar-refractivity contribution >= 4 is 17.8 Å². The van der Waals surface area contributed by atoms with Gasteiger partial charge in [0.25, 0.3) is 0 Å². The maximum absolute atomic E-state index is 13.8. The van der Waals surface area contributed by atoms with E-state index in [9.17, 15) is 29.7 Å². The number of aliphatic hydroxyl groups excluding tert-OH is 2. The number of rotatable bonds is 3. The molecule has 0 aromatic rings. The quantitative estimate of drug-likeness (QED) is 0.338. The molecule has 4 N–H and O–H groups in total. The van der Waals surface area contributed by atoms with E-state index in [1.54, 1.807) is 27.7 Å². The molecule has 3 aliphatic rings. The molecule has 1 amide bonds. The summed E-state index contributed by atoms with van der Waals surface area (Å²) in [6.07, 6.45) is -3.35. The SMILES string of the molecule is C=C[C@@]1(C)CC(=O)[C@]2(O)[C@@]3(C)[C@@H](O)CCC(C)(C)[C@@H]3[C@H](O)[C@H](OC(=O)NOC(=O)C(C)C)[C@@]2(C)O1. The summed E-state index contributed by atoms with van der Waals surface area (Å²) in [4.78, 5) is 43.0. The van der Waals surface area contributed by atoms with Gasteiger partial charge in [0.05, 0.1) is 23.7 Å². The van der Waals surface area contributed by atoms with Gasteiger partial charge in [-0.15, -0.1) is 12.1 Å². The fourth-order valence-corrected chi connectivity index (χ4v) is 6.83. The summed E-state index contributed by atoms with van der Waals surface area (Å²) in [5.74, 6) is -2.68. The summed E-state index contributed by atoms with van der Waals surface area (Å²) in [6.45, 7) is 15.2. The molecule has 0 radical (unpaired) electrons. The summed E-state index contributed by atoms with van der Waals surface area (Å²) < 4.78 is 11.8. The van der Waals surface area contributed by atoms with Crippen LogP contribution in [0.4, 0.5) is 4.79 Å². The molecular formula is C25H39NO9. The molecule has 10 nitrogen and oxygen atoms in total. The first-order valence-corrected chi connectivity index (χ1v) is 12.0. The smallest absolute Gasteiger partial charge is 0.438 e. The molecule has 10 heteroatoms. The normalized spacial score (nSPS) is 44.6. The van der Waals surface area contributed by atoms with Crippen LogP contribution in [-0.4, -0.2) is 68.3 Å². The maximum atomic E-state index is 13.8. The highest BCUT2D eigenvalue weighted by Gasteiger charge is 2.81. The number of carbonyl (C=O) groups is 3. The molecule has 3 rings (SSSR count). The first-order chi connectivity index (χ1) is 15.9. The van der Waals surface area contributed by atoms with Crippen LogP contribution in [0.2, 0.25) is 0 Å². The van der Waals surface area contributed by atoms with Gasteiger partial charge in [-0.2, -0.15) is 0 Å². The van der Waals surface area contributed by atoms with E-state index < -0.39 is 75.6 Å². The molecule has 0 bridgehead atoms. The van der Waals surface area contributed by atoms with Crippen LogP contribution in [0.1, 0.15) is 67.7 Å². The Morgan fingerprint density at radius 2 is 1.80 bits per heavy atom. The molecule has 1 heterocycles. The number of fused-ring (bicyclic) bond motifs is 3. The Morgan fingerprint density at radius 1 is 1.20 bits per heavy atom. The molecule has 0 spiro atoms. The lowest BCUT2D eigenvalue weighted by atomic mass is 9.40. The Hall–Kier alpha value is -2.01. The molecule has 0 aromatic carbocycles. The van der Waals surface area contributed by atoms with Crippen molar-refractivity contribution in [3.8, 4) is 0 Å². The molecule has 1 aliphatic heterocycles. The Balaban J connectivity index is 2.14. The molecule has 2 saturated carbocycles. The van der Waals surface area contributed by atoms with Crippen LogP contribution in [0.5, 0.6) is 0 Å². The highest BCUT2D eigenvalue weighted by atomic mass is 16.7. The van der Waals surface area contributed by atoms with Crippen molar-refractivity contribution in [1.82, 2.24) is 5.48 Å². The molecule has 0 unspecified atom stereocenters. The van der Waals surface area contributed by atoms with Gasteiger partial charge in [0.1, 0.15) is 5.60 Å². The third kappa shape index (κ3) is 3.80. The summed E-state index contributed by atoms with van der Waals surface area (Å²) >= 11 is 0. The number of amides is 1. The van der Waals surface area contributed by atoms with Gasteiger partial charge < -0.3 is 29.6 Å². The second kappa shape index (κ2) is 8.54. The second-order valence-corrected chi connectivity index (χ2v) is 11.8. The minimum Gasteiger partial charge on any atom is -0.438 e. The summed E-state index contributed by atoms with van der Waals surface area (Å²) in [6, 6.07) is 0. The van der Waals surface area contributed by atoms with E-state index in [1.165, 1.54) is 13.0 Å². The lowest BCUT2D eigenvalue weighted by Gasteiger charge is -2.71. The van der Waals surface area contributed by atoms with E-state index in [-0.39, 0.29) is 6.42 Å². The minimum absolute atomic E-state index is 0.223. The van der Waals surface area contributed by atoms with Crippen molar-refractivity contribution in [2.75, 3.05) is 0 Å². The molecular weight excluding hydrogens is 458 g/mol. The monoisotopic (exact) mass is 497 g/mol. The fourth-order valence-electron chi connectivity index (χ4n) is 6.83. The standard InChI is InChI=1S/C25H39NO9/c1-9-22(6)12-15(28)25(32)23(7)14(27)10-11-21(4,5)17(23)16(29)18(24(25,8)35-22)33-20(31)26-34-19(30)13(2)3/h9,13-14,16-18,27,29,32H,1,10-12H2,2-8H3,(H,26,31)/t14-,16-,17-,18-,22-,23-,24+,25-/m0/s1. The Morgan fingerprint density at radius 3 is 2.34 bits per heavy atom. The first kappa shape index (κ1) is 27.6. The molecule has 2 aliphatic carbocycles. The van der Waals surface area contributed by atoms with Gasteiger partial charge in [0, 0.05) is 17.8 Å². The van der Waals surface area contributed by atoms with Crippen LogP contribution in [-0.2, 0) is 23.9 Å². The van der Waals surface area contributed by atoms with Gasteiger partial charge in [0.2, 0.25) is 0 Å². The van der Waals surface area contributed by atoms with Crippen molar-refractivity contribution in [3.05, 3.63) is 12.7 Å². The van der Waals surface area contributed by atoms with Crippen molar-refractivity contribution < 1.29 is 44.0 Å². The molecule has 8 atom stereocenters. The van der Waals surface area contributed by atoms with Crippen molar-refractivity contribution in [2.45, 2.75) is 103 Å². The predicted octanol–water partition coefficient (Wildman–Crippen LogP) is 1.80. The van der Waals surface area contributed by atoms with Crippen LogP contribution < -0.4 is 5.48 Å². The van der Waals surface area contributed by atoms with Gasteiger partial charge in [-0.05, 0) is 32.1 Å². The number of Topliss-reactive ketones (excluding diaryl/α,β-unsaturated/α-hetero) is 1. The number of carbonyl (C=O) groups excluding carboxylic acids is 3. The van der Waals surface area contributed by atoms with Gasteiger partial charge >= 0.3 is 12.1 Å². The third-order valence-corrected chi connectivity index (χ3v) is 8.67. The first-order valence-electron chi connectivity index (χ1n) is 12.0. The third-order valence-electron chi connectivity index (χ3n) is 8.67. The van der Waals surface area contributed by atoms with E-state index in [1.807, 2.05) is 19.3 Å². The summed E-state index contributed by atoms with van der Waals surface area (Å²) in [7, 11) is 0. The van der Waals surface area contributed by atoms with E-state index >= 15 is 0 Å². The zero-order valence-corrected chi connectivity index (χ0v) is 21.6.